The van der Waals surface area contributed by atoms with Crippen LogP contribution in [-0.2, 0) is 20.9 Å². The van der Waals surface area contributed by atoms with Crippen LogP contribution >= 0.6 is 23.1 Å². The van der Waals surface area contributed by atoms with Crippen molar-refractivity contribution in [2.75, 3.05) is 52.7 Å². The number of benzene rings is 1. The molecule has 1 aliphatic rings. The fourth-order valence-electron chi connectivity index (χ4n) is 3.81. The number of nitrogens with zero attached hydrogens (tertiary/aromatic N) is 4. The summed E-state index contributed by atoms with van der Waals surface area (Å²) >= 11 is 2.86. The average Bonchev–Trinajstić information content (AvgIpc) is 3.30. The maximum atomic E-state index is 13.2. The van der Waals surface area contributed by atoms with Crippen molar-refractivity contribution in [3.63, 3.8) is 0 Å². The van der Waals surface area contributed by atoms with E-state index in [1.807, 2.05) is 44.4 Å². The highest BCUT2D eigenvalue weighted by atomic mass is 32.2. The van der Waals surface area contributed by atoms with E-state index in [0.717, 1.165) is 15.7 Å². The second-order valence-corrected chi connectivity index (χ2v) is 9.92. The van der Waals surface area contributed by atoms with Crippen molar-refractivity contribution in [2.45, 2.75) is 30.8 Å². The zero-order valence-corrected chi connectivity index (χ0v) is 22.2. The van der Waals surface area contributed by atoms with Crippen LogP contribution in [0.15, 0.2) is 34.0 Å². The molecule has 0 spiro atoms. The molecule has 1 saturated heterocycles. The summed E-state index contributed by atoms with van der Waals surface area (Å²) in [4.78, 5) is 48.1. The van der Waals surface area contributed by atoms with Gasteiger partial charge in [-0.25, -0.2) is 4.98 Å². The van der Waals surface area contributed by atoms with Crippen molar-refractivity contribution in [2.24, 2.45) is 0 Å². The molecule has 2 aromatic rings. The molecule has 0 saturated carbocycles. The third-order valence-electron chi connectivity index (χ3n) is 5.78. The number of thiazole rings is 1. The molecule has 3 rings (SSSR count). The van der Waals surface area contributed by atoms with Gasteiger partial charge in [-0.2, -0.15) is 0 Å². The Morgan fingerprint density at radius 1 is 1.20 bits per heavy atom. The van der Waals surface area contributed by atoms with Crippen LogP contribution in [-0.4, -0.2) is 96.2 Å². The summed E-state index contributed by atoms with van der Waals surface area (Å²) in [7, 11) is 1.60. The third kappa shape index (κ3) is 7.18. The first-order valence-corrected chi connectivity index (χ1v) is 13.6. The molecule has 1 fully saturated rings. The van der Waals surface area contributed by atoms with Crippen molar-refractivity contribution in [3.8, 4) is 5.75 Å². The number of amides is 3. The van der Waals surface area contributed by atoms with Crippen LogP contribution in [0.1, 0.15) is 29.9 Å². The quantitative estimate of drug-likeness (QED) is 0.445. The summed E-state index contributed by atoms with van der Waals surface area (Å²) < 4.78 is 12.0. The normalized spacial score (nSPS) is 16.2. The van der Waals surface area contributed by atoms with Crippen molar-refractivity contribution in [1.29, 1.82) is 0 Å². The zero-order valence-electron chi connectivity index (χ0n) is 20.6. The van der Waals surface area contributed by atoms with Crippen molar-refractivity contribution in [1.82, 2.24) is 19.7 Å². The Balaban J connectivity index is 1.78. The standard InChI is InChI=1S/C24H32N4O5S2/c1-5-26(6-2)22(30)15-33-19-12-27(11-17-7-9-18(32-3)10-8-17)21(29)14-28(13-19)23(31)20-16-35-24(25-20)34-4/h7-10,16,19H,5-6,11-15H2,1-4H3/t19-/m0/s1. The monoisotopic (exact) mass is 520 g/mol. The predicted molar refractivity (Wildman–Crippen MR) is 136 cm³/mol. The van der Waals surface area contributed by atoms with E-state index in [9.17, 15) is 14.4 Å². The molecule has 0 bridgehead atoms. The van der Waals surface area contributed by atoms with Gasteiger partial charge in [-0.1, -0.05) is 23.9 Å². The topological polar surface area (TPSA) is 92.3 Å². The largest absolute Gasteiger partial charge is 0.497 e. The van der Waals surface area contributed by atoms with E-state index in [4.69, 9.17) is 9.47 Å². The Labute approximate surface area is 214 Å². The van der Waals surface area contributed by atoms with Gasteiger partial charge in [-0.15, -0.1) is 11.3 Å². The van der Waals surface area contributed by atoms with Crippen LogP contribution < -0.4 is 4.74 Å². The van der Waals surface area contributed by atoms with Crippen molar-refractivity contribution in [3.05, 3.63) is 40.9 Å². The zero-order chi connectivity index (χ0) is 25.4. The van der Waals surface area contributed by atoms with Crippen molar-refractivity contribution < 1.29 is 23.9 Å². The van der Waals surface area contributed by atoms with E-state index in [2.05, 4.69) is 4.98 Å². The predicted octanol–water partition coefficient (Wildman–Crippen LogP) is 2.61. The van der Waals surface area contributed by atoms with Crippen LogP contribution in [0.25, 0.3) is 0 Å². The smallest absolute Gasteiger partial charge is 0.273 e. The summed E-state index contributed by atoms with van der Waals surface area (Å²) in [6, 6.07) is 7.49. The summed E-state index contributed by atoms with van der Waals surface area (Å²) in [5, 5.41) is 1.71. The molecule has 1 aromatic carbocycles. The van der Waals surface area contributed by atoms with Gasteiger partial charge in [0.25, 0.3) is 5.91 Å². The fraction of sp³-hybridized carbons (Fsp3) is 0.500. The number of carbonyl (C=O) groups excluding carboxylic acids is 3. The molecule has 190 valence electrons. The van der Waals surface area contributed by atoms with E-state index in [1.165, 1.54) is 28.0 Å². The number of aromatic nitrogens is 1. The molecule has 0 aliphatic carbocycles. The second kappa shape index (κ2) is 12.9. The SMILES string of the molecule is CCN(CC)C(=O)CO[C@H]1CN(Cc2ccc(OC)cc2)C(=O)CN(C(=O)c2csc(SC)n2)C1. The molecular weight excluding hydrogens is 488 g/mol. The molecule has 0 radical (unpaired) electrons. The molecule has 1 atom stereocenters. The molecule has 0 N–H and O–H groups in total. The highest BCUT2D eigenvalue weighted by Crippen LogP contribution is 2.22. The van der Waals surface area contributed by atoms with Gasteiger partial charge in [0.1, 0.15) is 28.9 Å². The van der Waals surface area contributed by atoms with Crippen LogP contribution in [0.3, 0.4) is 0 Å². The summed E-state index contributed by atoms with van der Waals surface area (Å²) in [5.74, 6) is 0.117. The highest BCUT2D eigenvalue weighted by Gasteiger charge is 2.32. The maximum absolute atomic E-state index is 13.2. The van der Waals surface area contributed by atoms with Gasteiger partial charge in [-0.05, 0) is 37.8 Å². The van der Waals surface area contributed by atoms with E-state index >= 15 is 0 Å². The first-order valence-electron chi connectivity index (χ1n) is 11.5. The number of hydrogen-bond donors (Lipinski definition) is 0. The number of carbonyl (C=O) groups is 3. The van der Waals surface area contributed by atoms with Gasteiger partial charge in [0.2, 0.25) is 11.8 Å². The molecule has 3 amide bonds. The second-order valence-electron chi connectivity index (χ2n) is 8.01. The van der Waals surface area contributed by atoms with Crippen molar-refractivity contribution >= 4 is 40.8 Å². The van der Waals surface area contributed by atoms with Gasteiger partial charge in [-0.3, -0.25) is 14.4 Å². The third-order valence-corrected chi connectivity index (χ3v) is 7.65. The van der Waals surface area contributed by atoms with Gasteiger partial charge >= 0.3 is 0 Å². The Kier molecular flexibility index (Phi) is 9.93. The minimum absolute atomic E-state index is 0.0784. The number of hydrogen-bond acceptors (Lipinski definition) is 8. The summed E-state index contributed by atoms with van der Waals surface area (Å²) in [5.41, 5.74) is 1.25. The molecule has 1 aromatic heterocycles. The van der Waals surface area contributed by atoms with Gasteiger partial charge in [0.05, 0.1) is 13.2 Å². The molecule has 1 aliphatic heterocycles. The van der Waals surface area contributed by atoms with Crippen LogP contribution in [0.5, 0.6) is 5.75 Å². The first kappa shape index (κ1) is 27.0. The van der Waals surface area contributed by atoms with Gasteiger partial charge in [0, 0.05) is 38.1 Å². The number of rotatable bonds is 10. The highest BCUT2D eigenvalue weighted by molar-refractivity contribution is 8.00. The molecule has 35 heavy (non-hydrogen) atoms. The van der Waals surface area contributed by atoms with Gasteiger partial charge in [0.15, 0.2) is 0 Å². The molecule has 0 unspecified atom stereocenters. The minimum Gasteiger partial charge on any atom is -0.497 e. The van der Waals surface area contributed by atoms with E-state index < -0.39 is 6.10 Å². The number of ether oxygens (including phenoxy) is 2. The fourth-order valence-corrected chi connectivity index (χ4v) is 5.05. The molecule has 2 heterocycles. The maximum Gasteiger partial charge on any atom is 0.273 e. The number of thioether (sulfide) groups is 1. The first-order chi connectivity index (χ1) is 16.9. The lowest BCUT2D eigenvalue weighted by atomic mass is 10.2. The van der Waals surface area contributed by atoms with Crippen LogP contribution in [0.4, 0.5) is 0 Å². The number of methoxy groups -OCH3 is 1. The van der Waals surface area contributed by atoms with Gasteiger partial charge < -0.3 is 24.2 Å². The van der Waals surface area contributed by atoms with E-state index in [0.29, 0.717) is 25.3 Å². The van der Waals surface area contributed by atoms with E-state index in [-0.39, 0.29) is 44.0 Å². The minimum atomic E-state index is -0.512. The average molecular weight is 521 g/mol. The summed E-state index contributed by atoms with van der Waals surface area (Å²) in [6.07, 6.45) is 1.39. The number of likely N-dealkylation sites (N-methyl/N-ethyl adjacent to an activating group) is 1. The Morgan fingerprint density at radius 3 is 2.51 bits per heavy atom. The molecular formula is C24H32N4O5S2. The lowest BCUT2D eigenvalue weighted by Gasteiger charge is -2.26. The Hall–Kier alpha value is -2.63. The lowest BCUT2D eigenvalue weighted by Crippen LogP contribution is -2.41. The molecule has 9 nitrogen and oxygen atoms in total. The Morgan fingerprint density at radius 2 is 1.91 bits per heavy atom. The van der Waals surface area contributed by atoms with E-state index in [1.54, 1.807) is 22.3 Å². The lowest BCUT2D eigenvalue weighted by molar-refractivity contribution is -0.138. The molecule has 11 heteroatoms. The summed E-state index contributed by atoms with van der Waals surface area (Å²) in [6.45, 7) is 5.67. The van der Waals surface area contributed by atoms with Crippen LogP contribution in [0.2, 0.25) is 0 Å². The van der Waals surface area contributed by atoms with Crippen LogP contribution in [0, 0.1) is 0 Å². The Bertz CT molecular complexity index is 1010.